The molecule has 1 unspecified atom stereocenters. The summed E-state index contributed by atoms with van der Waals surface area (Å²) in [5, 5.41) is 4.89. The molecule has 0 aliphatic heterocycles. The highest BCUT2D eigenvalue weighted by molar-refractivity contribution is 9.11. The summed E-state index contributed by atoms with van der Waals surface area (Å²) >= 11 is 3.39. The minimum atomic E-state index is -3.63. The van der Waals surface area contributed by atoms with E-state index in [2.05, 4.69) is 21.0 Å². The molecule has 0 saturated heterocycles. The molecule has 1 heterocycles. The predicted molar refractivity (Wildman–Crippen MR) is 83.2 cm³/mol. The molecule has 1 aliphatic carbocycles. The summed E-state index contributed by atoms with van der Waals surface area (Å²) in [5.41, 5.74) is 0.604. The van der Waals surface area contributed by atoms with Gasteiger partial charge in [-0.3, -0.25) is 0 Å². The van der Waals surface area contributed by atoms with Crippen molar-refractivity contribution >= 4 is 36.9 Å². The zero-order chi connectivity index (χ0) is 14.4. The van der Waals surface area contributed by atoms with Crippen LogP contribution in [0.5, 0.6) is 0 Å². The lowest BCUT2D eigenvalue weighted by Crippen LogP contribution is -2.39. The number of aromatic nitrogens is 2. The van der Waals surface area contributed by atoms with Crippen LogP contribution < -0.4 is 0 Å². The lowest BCUT2D eigenvalue weighted by Gasteiger charge is -2.27. The molecule has 1 aromatic heterocycles. The number of benzene rings is 1. The van der Waals surface area contributed by atoms with Crippen molar-refractivity contribution in [1.82, 2.24) is 9.19 Å². The minimum Gasteiger partial charge on any atom is -0.204 e. The molecule has 4 nitrogen and oxygen atoms in total. The van der Waals surface area contributed by atoms with Crippen LogP contribution in [-0.4, -0.2) is 22.4 Å². The summed E-state index contributed by atoms with van der Waals surface area (Å²) < 4.78 is 26.9. The maximum absolute atomic E-state index is 12.9. The Morgan fingerprint density at radius 1 is 1.35 bits per heavy atom. The van der Waals surface area contributed by atoms with Gasteiger partial charge in [-0.1, -0.05) is 52.4 Å². The van der Waals surface area contributed by atoms with E-state index in [1.807, 2.05) is 24.3 Å². The topological polar surface area (TPSA) is 52.0 Å². The van der Waals surface area contributed by atoms with E-state index in [9.17, 15) is 8.42 Å². The van der Waals surface area contributed by atoms with Crippen molar-refractivity contribution in [2.24, 2.45) is 0 Å². The van der Waals surface area contributed by atoms with E-state index in [0.717, 1.165) is 14.0 Å². The van der Waals surface area contributed by atoms with E-state index in [1.165, 1.54) is 0 Å². The van der Waals surface area contributed by atoms with Gasteiger partial charge in [0.2, 0.25) is 0 Å². The Morgan fingerprint density at radius 3 is 2.85 bits per heavy atom. The summed E-state index contributed by atoms with van der Waals surface area (Å²) in [6.07, 6.45) is 7.31. The van der Waals surface area contributed by atoms with E-state index in [4.69, 9.17) is 0 Å². The largest absolute Gasteiger partial charge is 0.263 e. The first-order valence-electron chi connectivity index (χ1n) is 6.16. The number of nitrogens with zero attached hydrogens (tertiary/aromatic N) is 2. The van der Waals surface area contributed by atoms with Gasteiger partial charge in [0, 0.05) is 11.8 Å². The second kappa shape index (κ2) is 4.56. The third kappa shape index (κ3) is 1.94. The normalized spacial score (nSPS) is 23.0. The molecule has 0 bridgehead atoms. The Hall–Kier alpha value is -1.40. The van der Waals surface area contributed by atoms with Gasteiger partial charge in [0.1, 0.15) is 4.75 Å². The van der Waals surface area contributed by atoms with Crippen LogP contribution in [0.4, 0.5) is 0 Å². The molecular formula is C14H13BrN2O2S. The Morgan fingerprint density at radius 2 is 2.10 bits per heavy atom. The van der Waals surface area contributed by atoms with Crippen molar-refractivity contribution in [3.05, 3.63) is 53.2 Å². The van der Waals surface area contributed by atoms with Gasteiger partial charge in [-0.25, -0.2) is 8.42 Å². The number of para-hydroxylation sites is 1. The van der Waals surface area contributed by atoms with E-state index in [1.54, 1.807) is 31.3 Å². The summed E-state index contributed by atoms with van der Waals surface area (Å²) in [4.78, 5) is 0. The second-order valence-corrected chi connectivity index (χ2v) is 8.26. The highest BCUT2D eigenvalue weighted by atomic mass is 79.9. The summed E-state index contributed by atoms with van der Waals surface area (Å²) in [6, 6.07) is 7.29. The van der Waals surface area contributed by atoms with Crippen LogP contribution >= 0.6 is 15.9 Å². The molecule has 0 amide bonds. The van der Waals surface area contributed by atoms with E-state index in [-0.39, 0.29) is 0 Å². The third-order valence-corrected chi connectivity index (χ3v) is 6.26. The maximum Gasteiger partial charge on any atom is 0.263 e. The van der Waals surface area contributed by atoms with E-state index in [0.29, 0.717) is 11.9 Å². The fourth-order valence-electron chi connectivity index (χ4n) is 2.32. The fourth-order valence-corrected chi connectivity index (χ4v) is 4.82. The first-order chi connectivity index (χ1) is 9.44. The Labute approximate surface area is 126 Å². The quantitative estimate of drug-likeness (QED) is 0.833. The number of hydrogen-bond acceptors (Lipinski definition) is 3. The average molecular weight is 353 g/mol. The smallest absolute Gasteiger partial charge is 0.204 e. The van der Waals surface area contributed by atoms with Crippen molar-refractivity contribution in [3.8, 4) is 0 Å². The van der Waals surface area contributed by atoms with E-state index < -0.39 is 14.8 Å². The van der Waals surface area contributed by atoms with Gasteiger partial charge in [0.15, 0.2) is 0 Å². The highest BCUT2D eigenvalue weighted by Crippen LogP contribution is 2.35. The van der Waals surface area contributed by atoms with E-state index >= 15 is 0 Å². The van der Waals surface area contributed by atoms with Crippen molar-refractivity contribution in [2.75, 3.05) is 0 Å². The van der Waals surface area contributed by atoms with Crippen molar-refractivity contribution < 1.29 is 8.42 Å². The molecule has 0 fully saturated rings. The molecule has 6 heteroatoms. The lowest BCUT2D eigenvalue weighted by atomic mass is 10.0. The van der Waals surface area contributed by atoms with Gasteiger partial charge in [0.25, 0.3) is 10.0 Å². The molecule has 0 saturated carbocycles. The van der Waals surface area contributed by atoms with Crippen LogP contribution in [0.1, 0.15) is 13.3 Å². The molecule has 0 N–H and O–H groups in total. The van der Waals surface area contributed by atoms with Gasteiger partial charge in [0.05, 0.1) is 11.7 Å². The molecule has 1 aromatic carbocycles. The first-order valence-corrected chi connectivity index (χ1v) is 8.39. The molecule has 2 aromatic rings. The van der Waals surface area contributed by atoms with Gasteiger partial charge in [-0.2, -0.15) is 9.19 Å². The fraction of sp³-hybridized carbons (Fsp3) is 0.214. The van der Waals surface area contributed by atoms with Gasteiger partial charge < -0.3 is 0 Å². The maximum atomic E-state index is 12.9. The summed E-state index contributed by atoms with van der Waals surface area (Å²) in [6.45, 7) is 1.71. The molecule has 20 heavy (non-hydrogen) atoms. The second-order valence-electron chi connectivity index (χ2n) is 5.01. The molecule has 1 atom stereocenters. The van der Waals surface area contributed by atoms with Gasteiger partial charge >= 0.3 is 0 Å². The highest BCUT2D eigenvalue weighted by Gasteiger charge is 2.40. The van der Waals surface area contributed by atoms with Crippen LogP contribution in [0.15, 0.2) is 53.2 Å². The number of halogens is 1. The molecule has 0 spiro atoms. The standard InChI is InChI=1S/C14H13BrN2O2S/c1-14(8-4-6-12(15)9-14)20(18,19)17-13-7-3-2-5-11(13)10-16-17/h2-8,10H,9H2,1H3. The third-order valence-electron chi connectivity index (χ3n) is 3.51. The molecule has 0 radical (unpaired) electrons. The molecular weight excluding hydrogens is 340 g/mol. The van der Waals surface area contributed by atoms with Gasteiger partial charge in [-0.05, 0) is 17.5 Å². The summed E-state index contributed by atoms with van der Waals surface area (Å²) in [5.74, 6) is 0. The lowest BCUT2D eigenvalue weighted by molar-refractivity contribution is 0.547. The van der Waals surface area contributed by atoms with Crippen LogP contribution in [0.25, 0.3) is 10.9 Å². The Kier molecular flexibility index (Phi) is 3.10. The minimum absolute atomic E-state index is 0.403. The summed E-state index contributed by atoms with van der Waals surface area (Å²) in [7, 11) is -3.63. The van der Waals surface area contributed by atoms with Crippen LogP contribution in [0.3, 0.4) is 0 Å². The average Bonchev–Trinajstić information content (AvgIpc) is 2.82. The number of rotatable bonds is 2. The van der Waals surface area contributed by atoms with Crippen molar-refractivity contribution in [3.63, 3.8) is 0 Å². The molecule has 104 valence electrons. The monoisotopic (exact) mass is 352 g/mol. The molecule has 1 aliphatic rings. The zero-order valence-electron chi connectivity index (χ0n) is 10.8. The van der Waals surface area contributed by atoms with Crippen molar-refractivity contribution in [2.45, 2.75) is 18.1 Å². The van der Waals surface area contributed by atoms with Crippen LogP contribution in [-0.2, 0) is 10.0 Å². The van der Waals surface area contributed by atoms with Crippen LogP contribution in [0.2, 0.25) is 0 Å². The van der Waals surface area contributed by atoms with Crippen LogP contribution in [0, 0.1) is 0 Å². The number of hydrogen-bond donors (Lipinski definition) is 0. The molecule has 3 rings (SSSR count). The Balaban J connectivity index is 2.18. The zero-order valence-corrected chi connectivity index (χ0v) is 13.2. The first kappa shape index (κ1) is 13.6. The van der Waals surface area contributed by atoms with Gasteiger partial charge in [-0.15, -0.1) is 0 Å². The SMILES string of the molecule is CC1(S(=O)(=O)n2ncc3ccccc32)C=CC=C(Br)C1. The number of allylic oxidation sites excluding steroid dienone is 3. The number of fused-ring (bicyclic) bond motifs is 1. The van der Waals surface area contributed by atoms with Crippen molar-refractivity contribution in [1.29, 1.82) is 0 Å². The Bertz CT molecular complexity index is 836. The predicted octanol–water partition coefficient (Wildman–Crippen LogP) is 3.21.